The van der Waals surface area contributed by atoms with E-state index in [0.29, 0.717) is 36.4 Å². The van der Waals surface area contributed by atoms with Gasteiger partial charge in [-0.05, 0) is 66.4 Å². The molecule has 0 radical (unpaired) electrons. The first-order valence-corrected chi connectivity index (χ1v) is 11.1. The summed E-state index contributed by atoms with van der Waals surface area (Å²) in [4.78, 5) is 26.8. The first-order valence-electron chi connectivity index (χ1n) is 11.1. The Bertz CT molecular complexity index is 1160. The van der Waals surface area contributed by atoms with Crippen LogP contribution in [0.3, 0.4) is 0 Å². The predicted octanol–water partition coefficient (Wildman–Crippen LogP) is 5.04. The van der Waals surface area contributed by atoms with Crippen LogP contribution in [0.25, 0.3) is 0 Å². The minimum atomic E-state index is -0.401. The third kappa shape index (κ3) is 5.22. The molecule has 0 saturated heterocycles. The Balaban J connectivity index is 1.56. The molecule has 1 N–H and O–H groups in total. The fourth-order valence-corrected chi connectivity index (χ4v) is 4.17. The van der Waals surface area contributed by atoms with Gasteiger partial charge in [-0.3, -0.25) is 9.59 Å². The molecule has 6 heteroatoms. The second-order valence-electron chi connectivity index (χ2n) is 8.21. The van der Waals surface area contributed by atoms with E-state index in [-0.39, 0.29) is 24.2 Å². The summed E-state index contributed by atoms with van der Waals surface area (Å²) in [6.07, 6.45) is 1.08. The summed E-state index contributed by atoms with van der Waals surface area (Å²) in [6.45, 7) is 4.23. The Morgan fingerprint density at radius 1 is 1.09 bits per heavy atom. The molecule has 3 aromatic carbocycles. The summed E-state index contributed by atoms with van der Waals surface area (Å²) < 4.78 is 19.8. The van der Waals surface area contributed by atoms with Gasteiger partial charge in [-0.15, -0.1) is 0 Å². The number of nitrogens with zero attached hydrogens (tertiary/aromatic N) is 1. The van der Waals surface area contributed by atoms with Crippen molar-refractivity contribution in [1.29, 1.82) is 0 Å². The van der Waals surface area contributed by atoms with Crippen molar-refractivity contribution >= 4 is 17.5 Å². The highest BCUT2D eigenvalue weighted by Crippen LogP contribution is 2.37. The lowest BCUT2D eigenvalue weighted by Crippen LogP contribution is -2.40. The summed E-state index contributed by atoms with van der Waals surface area (Å²) in [5.74, 6) is -0.0662. The number of halogens is 1. The van der Waals surface area contributed by atoms with E-state index in [1.54, 1.807) is 11.0 Å². The minimum absolute atomic E-state index is 0.0127. The average molecular weight is 447 g/mol. The van der Waals surface area contributed by atoms with Crippen molar-refractivity contribution < 1.29 is 18.7 Å². The van der Waals surface area contributed by atoms with Crippen LogP contribution in [0.2, 0.25) is 0 Å². The number of anilines is 1. The fraction of sp³-hybridized carbons (Fsp3) is 0.259. The molecule has 0 fully saturated rings. The third-order valence-corrected chi connectivity index (χ3v) is 5.84. The summed E-state index contributed by atoms with van der Waals surface area (Å²) >= 11 is 0. The maximum atomic E-state index is 14.0. The Kier molecular flexibility index (Phi) is 6.73. The number of nitrogens with one attached hydrogen (secondary N) is 1. The first-order chi connectivity index (χ1) is 15.9. The molecule has 0 saturated carbocycles. The van der Waals surface area contributed by atoms with Crippen LogP contribution >= 0.6 is 0 Å². The van der Waals surface area contributed by atoms with Crippen LogP contribution in [0.4, 0.5) is 10.1 Å². The number of fused-ring (bicyclic) bond motifs is 1. The molecule has 33 heavy (non-hydrogen) atoms. The summed E-state index contributed by atoms with van der Waals surface area (Å²) in [7, 11) is 0. The standard InChI is InChI=1S/C27H27FN2O3/c1-3-26(32)30-14-13-19-9-12-23(16-24(19)27(30)20-5-4-6-21(28)15-20)33-17-25(31)29-22-10-7-18(2)8-11-22/h4-12,15-16,27H,3,13-14,17H2,1-2H3,(H,29,31). The van der Waals surface area contributed by atoms with E-state index in [9.17, 15) is 14.0 Å². The van der Waals surface area contributed by atoms with Gasteiger partial charge in [0.15, 0.2) is 6.61 Å². The van der Waals surface area contributed by atoms with Crippen molar-refractivity contribution in [3.63, 3.8) is 0 Å². The van der Waals surface area contributed by atoms with E-state index in [1.165, 1.54) is 12.1 Å². The first kappa shape index (κ1) is 22.5. The molecule has 0 bridgehead atoms. The lowest BCUT2D eigenvalue weighted by atomic mass is 9.87. The molecule has 0 aromatic heterocycles. The molecular formula is C27H27FN2O3. The van der Waals surface area contributed by atoms with Crippen LogP contribution < -0.4 is 10.1 Å². The Hall–Kier alpha value is -3.67. The molecule has 1 atom stereocenters. The lowest BCUT2D eigenvalue weighted by Gasteiger charge is -2.38. The summed E-state index contributed by atoms with van der Waals surface area (Å²) in [6, 6.07) is 19.1. The Morgan fingerprint density at radius 3 is 2.61 bits per heavy atom. The van der Waals surface area contributed by atoms with Gasteiger partial charge in [-0.2, -0.15) is 0 Å². The second-order valence-corrected chi connectivity index (χ2v) is 8.21. The molecule has 2 amide bonds. The van der Waals surface area contributed by atoms with Crippen molar-refractivity contribution in [3.05, 3.63) is 94.8 Å². The summed E-state index contributed by atoms with van der Waals surface area (Å²) in [5, 5.41) is 2.81. The number of amides is 2. The highest BCUT2D eigenvalue weighted by atomic mass is 19.1. The lowest BCUT2D eigenvalue weighted by molar-refractivity contribution is -0.133. The van der Waals surface area contributed by atoms with Crippen molar-refractivity contribution in [2.75, 3.05) is 18.5 Å². The van der Waals surface area contributed by atoms with Gasteiger partial charge >= 0.3 is 0 Å². The van der Waals surface area contributed by atoms with Gasteiger partial charge in [0, 0.05) is 18.7 Å². The molecule has 3 aromatic rings. The smallest absolute Gasteiger partial charge is 0.262 e. The molecule has 1 unspecified atom stereocenters. The number of carbonyl (C=O) groups excluding carboxylic acids is 2. The zero-order valence-corrected chi connectivity index (χ0v) is 18.8. The quantitative estimate of drug-likeness (QED) is 0.577. The SMILES string of the molecule is CCC(=O)N1CCc2ccc(OCC(=O)Nc3ccc(C)cc3)cc2C1c1cccc(F)c1. The van der Waals surface area contributed by atoms with E-state index in [4.69, 9.17) is 4.74 Å². The predicted molar refractivity (Wildman–Crippen MR) is 126 cm³/mol. The van der Waals surface area contributed by atoms with Crippen LogP contribution in [0.1, 0.15) is 41.6 Å². The number of hydrogen-bond donors (Lipinski definition) is 1. The van der Waals surface area contributed by atoms with Crippen molar-refractivity contribution in [1.82, 2.24) is 4.90 Å². The van der Waals surface area contributed by atoms with Crippen molar-refractivity contribution in [3.8, 4) is 5.75 Å². The van der Waals surface area contributed by atoms with E-state index in [0.717, 1.165) is 16.7 Å². The Morgan fingerprint density at radius 2 is 1.88 bits per heavy atom. The second kappa shape index (κ2) is 9.86. The topological polar surface area (TPSA) is 58.6 Å². The van der Waals surface area contributed by atoms with Gasteiger partial charge in [-0.25, -0.2) is 4.39 Å². The molecule has 1 heterocycles. The van der Waals surface area contributed by atoms with E-state index < -0.39 is 6.04 Å². The number of aryl methyl sites for hydroxylation is 1. The Labute approximate surface area is 193 Å². The van der Waals surface area contributed by atoms with E-state index >= 15 is 0 Å². The number of hydrogen-bond acceptors (Lipinski definition) is 3. The molecule has 4 rings (SSSR count). The van der Waals surface area contributed by atoms with Gasteiger partial charge in [0.05, 0.1) is 6.04 Å². The summed E-state index contributed by atoms with van der Waals surface area (Å²) in [5.41, 5.74) is 4.51. The molecular weight excluding hydrogens is 419 g/mol. The van der Waals surface area contributed by atoms with E-state index in [2.05, 4.69) is 5.32 Å². The highest BCUT2D eigenvalue weighted by molar-refractivity contribution is 5.91. The molecule has 0 spiro atoms. The van der Waals surface area contributed by atoms with Crippen LogP contribution in [0.5, 0.6) is 5.75 Å². The van der Waals surface area contributed by atoms with Gasteiger partial charge < -0.3 is 15.0 Å². The number of benzene rings is 3. The van der Waals surface area contributed by atoms with Gasteiger partial charge in [0.1, 0.15) is 11.6 Å². The monoisotopic (exact) mass is 446 g/mol. The zero-order valence-electron chi connectivity index (χ0n) is 18.8. The van der Waals surface area contributed by atoms with Crippen LogP contribution in [0, 0.1) is 12.7 Å². The molecule has 170 valence electrons. The molecule has 1 aliphatic heterocycles. The fourth-order valence-electron chi connectivity index (χ4n) is 4.17. The van der Waals surface area contributed by atoms with E-state index in [1.807, 2.05) is 62.4 Å². The normalized spacial score (nSPS) is 15.0. The molecule has 5 nitrogen and oxygen atoms in total. The maximum absolute atomic E-state index is 14.0. The van der Waals surface area contributed by atoms with Gasteiger partial charge in [0.25, 0.3) is 5.91 Å². The number of carbonyl (C=O) groups is 2. The maximum Gasteiger partial charge on any atom is 0.262 e. The number of ether oxygens (including phenoxy) is 1. The van der Waals surface area contributed by atoms with Crippen LogP contribution in [-0.4, -0.2) is 29.9 Å². The molecule has 0 aliphatic carbocycles. The zero-order chi connectivity index (χ0) is 23.4. The van der Waals surface area contributed by atoms with Crippen LogP contribution in [-0.2, 0) is 16.0 Å². The molecule has 1 aliphatic rings. The van der Waals surface area contributed by atoms with Crippen LogP contribution in [0.15, 0.2) is 66.7 Å². The third-order valence-electron chi connectivity index (χ3n) is 5.84. The highest BCUT2D eigenvalue weighted by Gasteiger charge is 2.32. The van der Waals surface area contributed by atoms with Gasteiger partial charge in [0.2, 0.25) is 5.91 Å². The average Bonchev–Trinajstić information content (AvgIpc) is 2.82. The van der Waals surface area contributed by atoms with Crippen molar-refractivity contribution in [2.45, 2.75) is 32.7 Å². The van der Waals surface area contributed by atoms with Crippen molar-refractivity contribution in [2.24, 2.45) is 0 Å². The number of rotatable bonds is 6. The van der Waals surface area contributed by atoms with Gasteiger partial charge in [-0.1, -0.05) is 42.8 Å². The largest absolute Gasteiger partial charge is 0.484 e. The minimum Gasteiger partial charge on any atom is -0.484 e.